The van der Waals surface area contributed by atoms with Crippen LogP contribution in [-0.4, -0.2) is 20.7 Å². The van der Waals surface area contributed by atoms with Crippen LogP contribution in [0.2, 0.25) is 0 Å². The number of hydrogen-bond acceptors (Lipinski definition) is 5. The molecule has 7 heteroatoms. The van der Waals surface area contributed by atoms with Crippen molar-refractivity contribution in [2.75, 3.05) is 5.32 Å². The molecule has 0 saturated heterocycles. The van der Waals surface area contributed by atoms with Crippen molar-refractivity contribution in [3.05, 3.63) is 41.0 Å². The summed E-state index contributed by atoms with van der Waals surface area (Å²) in [7, 11) is 0. The van der Waals surface area contributed by atoms with E-state index in [-0.39, 0.29) is 5.91 Å². The largest absolute Gasteiger partial charge is 0.441 e. The Morgan fingerprint density at radius 1 is 1.35 bits per heavy atom. The molecule has 0 spiro atoms. The number of carbonyl (C=O) groups is 1. The van der Waals surface area contributed by atoms with Gasteiger partial charge in [-0.1, -0.05) is 0 Å². The summed E-state index contributed by atoms with van der Waals surface area (Å²) < 4.78 is 7.28. The van der Waals surface area contributed by atoms with Crippen molar-refractivity contribution in [1.82, 2.24) is 14.8 Å². The maximum atomic E-state index is 12.3. The van der Waals surface area contributed by atoms with Crippen molar-refractivity contribution in [1.29, 1.82) is 5.26 Å². The minimum absolute atomic E-state index is 0.0619. The molecule has 0 aliphatic heterocycles. The number of carbonyl (C=O) groups excluding carboxylic acids is 1. The predicted molar refractivity (Wildman–Crippen MR) is 97.6 cm³/mol. The van der Waals surface area contributed by atoms with Crippen LogP contribution < -0.4 is 5.32 Å². The summed E-state index contributed by atoms with van der Waals surface area (Å²) in [5.74, 6) is 0.538. The third-order valence-electron chi connectivity index (χ3n) is 4.35. The monoisotopic (exact) mass is 351 g/mol. The third kappa shape index (κ3) is 3.75. The van der Waals surface area contributed by atoms with Crippen LogP contribution in [-0.2, 0) is 17.8 Å². The van der Waals surface area contributed by atoms with Crippen molar-refractivity contribution < 1.29 is 9.21 Å². The molecule has 0 radical (unpaired) electrons. The summed E-state index contributed by atoms with van der Waals surface area (Å²) in [5.41, 5.74) is 5.13. The van der Waals surface area contributed by atoms with E-state index in [1.807, 2.05) is 18.5 Å². The Bertz CT molecular complexity index is 993. The molecule has 1 amide bonds. The number of fused-ring (bicyclic) bond motifs is 1. The van der Waals surface area contributed by atoms with Crippen molar-refractivity contribution >= 4 is 22.7 Å². The van der Waals surface area contributed by atoms with E-state index in [4.69, 9.17) is 9.68 Å². The number of nitrogens with zero attached hydrogens (tertiary/aromatic N) is 4. The summed E-state index contributed by atoms with van der Waals surface area (Å²) in [4.78, 5) is 16.6. The molecule has 0 aliphatic rings. The Hall–Kier alpha value is -3.14. The molecular weight excluding hydrogens is 330 g/mol. The molecule has 0 atom stereocenters. The summed E-state index contributed by atoms with van der Waals surface area (Å²) in [6.45, 7) is 6.28. The number of hydrogen-bond donors (Lipinski definition) is 1. The summed E-state index contributed by atoms with van der Waals surface area (Å²) in [6.07, 6.45) is 1.40. The Balaban J connectivity index is 1.63. The molecule has 0 fully saturated rings. The highest BCUT2D eigenvalue weighted by molar-refractivity contribution is 5.92. The lowest BCUT2D eigenvalue weighted by Crippen LogP contribution is -2.12. The van der Waals surface area contributed by atoms with E-state index in [1.165, 1.54) is 0 Å². The number of anilines is 1. The number of aryl methyl sites for hydroxylation is 3. The van der Waals surface area contributed by atoms with E-state index in [0.717, 1.165) is 22.5 Å². The van der Waals surface area contributed by atoms with E-state index in [1.54, 1.807) is 25.1 Å². The highest BCUT2D eigenvalue weighted by atomic mass is 16.3. The van der Waals surface area contributed by atoms with E-state index in [0.29, 0.717) is 43.0 Å². The van der Waals surface area contributed by atoms with Crippen LogP contribution in [0.1, 0.15) is 35.7 Å². The second kappa shape index (κ2) is 7.40. The van der Waals surface area contributed by atoms with Gasteiger partial charge in [-0.05, 0) is 44.0 Å². The molecule has 0 aliphatic carbocycles. The quantitative estimate of drug-likeness (QED) is 0.734. The Kier molecular flexibility index (Phi) is 5.03. The molecular formula is C19H21N5O2. The highest BCUT2D eigenvalue weighted by Gasteiger charge is 2.13. The van der Waals surface area contributed by atoms with E-state index in [9.17, 15) is 4.79 Å². The predicted octanol–water partition coefficient (Wildman–Crippen LogP) is 3.43. The topological polar surface area (TPSA) is 96.7 Å². The number of amides is 1. The number of oxazole rings is 1. The fraction of sp³-hybridized carbons (Fsp3) is 0.368. The summed E-state index contributed by atoms with van der Waals surface area (Å²) in [6, 6.07) is 7.54. The maximum absolute atomic E-state index is 12.3. The standard InChI is InChI=1S/C19H21N5O2/c1-12-16(13(2)24(23-12)10-4-9-20)6-8-19(25)22-15-5-7-18-17(11-15)21-14(3)26-18/h5,7,11H,4,6,8,10H2,1-3H3,(H,22,25). The smallest absolute Gasteiger partial charge is 0.224 e. The molecule has 1 aromatic carbocycles. The van der Waals surface area contributed by atoms with Crippen LogP contribution in [0.5, 0.6) is 0 Å². The molecule has 7 nitrogen and oxygen atoms in total. The first-order chi connectivity index (χ1) is 12.5. The summed E-state index contributed by atoms with van der Waals surface area (Å²) >= 11 is 0. The Morgan fingerprint density at radius 2 is 2.15 bits per heavy atom. The molecule has 0 saturated carbocycles. The second-order valence-corrected chi connectivity index (χ2v) is 6.24. The van der Waals surface area contributed by atoms with Gasteiger partial charge in [0.1, 0.15) is 5.52 Å². The van der Waals surface area contributed by atoms with Gasteiger partial charge in [-0.3, -0.25) is 9.48 Å². The van der Waals surface area contributed by atoms with Crippen LogP contribution in [0.4, 0.5) is 5.69 Å². The highest BCUT2D eigenvalue weighted by Crippen LogP contribution is 2.20. The zero-order valence-corrected chi connectivity index (χ0v) is 15.2. The van der Waals surface area contributed by atoms with Gasteiger partial charge in [0.15, 0.2) is 11.5 Å². The molecule has 1 N–H and O–H groups in total. The van der Waals surface area contributed by atoms with Crippen LogP contribution in [0, 0.1) is 32.1 Å². The number of rotatable bonds is 6. The summed E-state index contributed by atoms with van der Waals surface area (Å²) in [5, 5.41) is 16.1. The number of nitriles is 1. The van der Waals surface area contributed by atoms with Crippen molar-refractivity contribution in [2.45, 2.75) is 46.6 Å². The number of benzene rings is 1. The van der Waals surface area contributed by atoms with Crippen molar-refractivity contribution in [3.8, 4) is 6.07 Å². The SMILES string of the molecule is Cc1nc2cc(NC(=O)CCc3c(C)nn(CCC#N)c3C)ccc2o1. The average molecular weight is 351 g/mol. The molecule has 134 valence electrons. The maximum Gasteiger partial charge on any atom is 0.224 e. The fourth-order valence-corrected chi connectivity index (χ4v) is 3.05. The van der Waals surface area contributed by atoms with Crippen molar-refractivity contribution in [2.24, 2.45) is 0 Å². The molecule has 0 unspecified atom stereocenters. The van der Waals surface area contributed by atoms with Crippen LogP contribution in [0.3, 0.4) is 0 Å². The molecule has 3 aromatic rings. The molecule has 2 heterocycles. The minimum atomic E-state index is -0.0619. The van der Waals surface area contributed by atoms with Crippen LogP contribution in [0.25, 0.3) is 11.1 Å². The zero-order valence-electron chi connectivity index (χ0n) is 15.2. The van der Waals surface area contributed by atoms with Gasteiger partial charge in [0.2, 0.25) is 5.91 Å². The normalized spacial score (nSPS) is 10.8. The van der Waals surface area contributed by atoms with Crippen molar-refractivity contribution in [3.63, 3.8) is 0 Å². The van der Waals surface area contributed by atoms with Gasteiger partial charge < -0.3 is 9.73 Å². The third-order valence-corrected chi connectivity index (χ3v) is 4.35. The molecule has 26 heavy (non-hydrogen) atoms. The van der Waals surface area contributed by atoms with Gasteiger partial charge in [0.05, 0.1) is 24.7 Å². The van der Waals surface area contributed by atoms with Gasteiger partial charge in [0.25, 0.3) is 0 Å². The van der Waals surface area contributed by atoms with Gasteiger partial charge in [0, 0.05) is 24.7 Å². The Labute approximate surface area is 151 Å². The van der Waals surface area contributed by atoms with E-state index in [2.05, 4.69) is 21.5 Å². The van der Waals surface area contributed by atoms with Crippen LogP contribution in [0.15, 0.2) is 22.6 Å². The lowest BCUT2D eigenvalue weighted by molar-refractivity contribution is -0.116. The first-order valence-corrected chi connectivity index (χ1v) is 8.55. The Morgan fingerprint density at radius 3 is 2.92 bits per heavy atom. The molecule has 0 bridgehead atoms. The van der Waals surface area contributed by atoms with Gasteiger partial charge in [-0.2, -0.15) is 10.4 Å². The van der Waals surface area contributed by atoms with Gasteiger partial charge in [-0.15, -0.1) is 0 Å². The lowest BCUT2D eigenvalue weighted by atomic mass is 10.1. The average Bonchev–Trinajstić information content (AvgIpc) is 3.09. The van der Waals surface area contributed by atoms with Gasteiger partial charge in [-0.25, -0.2) is 4.98 Å². The second-order valence-electron chi connectivity index (χ2n) is 6.24. The first kappa shape index (κ1) is 17.7. The lowest BCUT2D eigenvalue weighted by Gasteiger charge is -2.06. The number of nitrogens with one attached hydrogen (secondary N) is 1. The minimum Gasteiger partial charge on any atom is -0.441 e. The zero-order chi connectivity index (χ0) is 18.7. The molecule has 2 aromatic heterocycles. The van der Waals surface area contributed by atoms with Gasteiger partial charge >= 0.3 is 0 Å². The van der Waals surface area contributed by atoms with E-state index >= 15 is 0 Å². The number of aromatic nitrogens is 3. The fourth-order valence-electron chi connectivity index (χ4n) is 3.05. The van der Waals surface area contributed by atoms with Crippen LogP contribution >= 0.6 is 0 Å². The molecule has 3 rings (SSSR count). The first-order valence-electron chi connectivity index (χ1n) is 8.55. The van der Waals surface area contributed by atoms with E-state index < -0.39 is 0 Å².